The minimum Gasteiger partial charge on any atom is -0.452 e. The molecule has 156 valence electrons. The van der Waals surface area contributed by atoms with Gasteiger partial charge in [-0.25, -0.2) is 13.2 Å². The van der Waals surface area contributed by atoms with Crippen LogP contribution in [-0.4, -0.2) is 44.3 Å². The molecule has 0 radical (unpaired) electrons. The number of anilines is 1. The van der Waals surface area contributed by atoms with Gasteiger partial charge in [0, 0.05) is 18.8 Å². The summed E-state index contributed by atoms with van der Waals surface area (Å²) in [4.78, 5) is 24.1. The van der Waals surface area contributed by atoms with Crippen LogP contribution in [0.1, 0.15) is 28.8 Å². The molecule has 0 aliphatic carbocycles. The lowest BCUT2D eigenvalue weighted by Crippen LogP contribution is -2.28. The van der Waals surface area contributed by atoms with Crippen molar-refractivity contribution in [2.75, 3.05) is 25.0 Å². The van der Waals surface area contributed by atoms with E-state index in [9.17, 15) is 18.0 Å². The van der Waals surface area contributed by atoms with Gasteiger partial charge in [0.25, 0.3) is 5.91 Å². The molecule has 0 saturated carbocycles. The van der Waals surface area contributed by atoms with Gasteiger partial charge in [0.15, 0.2) is 6.61 Å². The fraction of sp³-hybridized carbons (Fsp3) is 0.250. The van der Waals surface area contributed by atoms with E-state index in [-0.39, 0.29) is 15.5 Å². The zero-order valence-corrected chi connectivity index (χ0v) is 17.4. The molecule has 1 aliphatic rings. The molecule has 2 aromatic carbocycles. The molecule has 3 rings (SSSR count). The van der Waals surface area contributed by atoms with Crippen molar-refractivity contribution in [3.63, 3.8) is 0 Å². The molecule has 1 fully saturated rings. The number of nitrogens with zero attached hydrogens (tertiary/aromatic N) is 2. The summed E-state index contributed by atoms with van der Waals surface area (Å²) in [5.41, 5.74) is 0.866. The number of benzene rings is 2. The standard InChI is InChI=1S/C20H18ClN3O5S/c21-17-8-5-15(11-18(17)30(27,28)24-9-1-2-10-24)20(26)29-13-19(25)23-16-6-3-14(12-22)4-7-16/h3-8,11H,1-2,9-10,13H2,(H,23,25). The zero-order chi connectivity index (χ0) is 21.7. The molecule has 0 atom stereocenters. The van der Waals surface area contributed by atoms with Crippen molar-refractivity contribution in [2.24, 2.45) is 0 Å². The highest BCUT2D eigenvalue weighted by molar-refractivity contribution is 7.89. The number of carbonyl (C=O) groups excluding carboxylic acids is 2. The quantitative estimate of drug-likeness (QED) is 0.680. The molecule has 1 aliphatic heterocycles. The van der Waals surface area contributed by atoms with Crippen LogP contribution >= 0.6 is 11.6 Å². The Bertz CT molecular complexity index is 1100. The number of carbonyl (C=O) groups is 2. The molecule has 10 heteroatoms. The minimum atomic E-state index is -3.81. The van der Waals surface area contributed by atoms with E-state index >= 15 is 0 Å². The van der Waals surface area contributed by atoms with Crippen LogP contribution in [0.5, 0.6) is 0 Å². The van der Waals surface area contributed by atoms with Crippen molar-refractivity contribution >= 4 is 39.2 Å². The normalized spacial score (nSPS) is 14.1. The van der Waals surface area contributed by atoms with E-state index in [0.717, 1.165) is 18.9 Å². The third-order valence-electron chi connectivity index (χ3n) is 4.48. The number of halogens is 1. The third kappa shape index (κ3) is 4.97. The molecule has 0 aromatic heterocycles. The molecule has 1 saturated heterocycles. The van der Waals surface area contributed by atoms with Gasteiger partial charge < -0.3 is 10.1 Å². The maximum absolute atomic E-state index is 12.8. The number of hydrogen-bond donors (Lipinski definition) is 1. The fourth-order valence-corrected chi connectivity index (χ4v) is 4.95. The Labute approximate surface area is 179 Å². The Balaban J connectivity index is 1.65. The Hall–Kier alpha value is -2.93. The molecule has 2 aromatic rings. The number of amides is 1. The highest BCUT2D eigenvalue weighted by Gasteiger charge is 2.30. The summed E-state index contributed by atoms with van der Waals surface area (Å²) in [6, 6.07) is 12.0. The minimum absolute atomic E-state index is 0.0111. The molecule has 30 heavy (non-hydrogen) atoms. The highest BCUT2D eigenvalue weighted by atomic mass is 35.5. The number of rotatable bonds is 6. The highest BCUT2D eigenvalue weighted by Crippen LogP contribution is 2.28. The van der Waals surface area contributed by atoms with Crippen LogP contribution in [0.3, 0.4) is 0 Å². The Morgan fingerprint density at radius 1 is 1.13 bits per heavy atom. The fourth-order valence-electron chi connectivity index (χ4n) is 2.94. The van der Waals surface area contributed by atoms with Crippen LogP contribution in [0.15, 0.2) is 47.4 Å². The molecule has 0 unspecified atom stereocenters. The first-order chi connectivity index (χ1) is 14.3. The van der Waals surface area contributed by atoms with E-state index in [1.807, 2.05) is 6.07 Å². The van der Waals surface area contributed by atoms with Gasteiger partial charge in [0.1, 0.15) is 4.90 Å². The van der Waals surface area contributed by atoms with Gasteiger partial charge in [-0.3, -0.25) is 4.79 Å². The molecular formula is C20H18ClN3O5S. The van der Waals surface area contributed by atoms with Crippen LogP contribution in [0, 0.1) is 11.3 Å². The second-order valence-electron chi connectivity index (χ2n) is 6.57. The van der Waals surface area contributed by atoms with Crippen molar-refractivity contribution < 1.29 is 22.7 Å². The molecular weight excluding hydrogens is 430 g/mol. The summed E-state index contributed by atoms with van der Waals surface area (Å²) in [5, 5.41) is 11.3. The Kier molecular flexibility index (Phi) is 6.72. The van der Waals surface area contributed by atoms with E-state index < -0.39 is 28.5 Å². The van der Waals surface area contributed by atoms with Gasteiger partial charge in [0.2, 0.25) is 10.0 Å². The van der Waals surface area contributed by atoms with E-state index in [1.165, 1.54) is 28.6 Å². The summed E-state index contributed by atoms with van der Waals surface area (Å²) in [5.74, 6) is -1.42. The van der Waals surface area contributed by atoms with Gasteiger partial charge in [-0.1, -0.05) is 11.6 Å². The smallest absolute Gasteiger partial charge is 0.338 e. The second kappa shape index (κ2) is 9.26. The predicted molar refractivity (Wildman–Crippen MR) is 110 cm³/mol. The van der Waals surface area contributed by atoms with Crippen LogP contribution in [0.25, 0.3) is 0 Å². The summed E-state index contributed by atoms with van der Waals surface area (Å²) in [6.07, 6.45) is 1.54. The summed E-state index contributed by atoms with van der Waals surface area (Å²) in [7, 11) is -3.81. The summed E-state index contributed by atoms with van der Waals surface area (Å²) >= 11 is 6.06. The first-order valence-corrected chi connectivity index (χ1v) is 10.9. The third-order valence-corrected chi connectivity index (χ3v) is 6.86. The van der Waals surface area contributed by atoms with Crippen LogP contribution in [0.2, 0.25) is 5.02 Å². The predicted octanol–water partition coefficient (Wildman–Crippen LogP) is 2.79. The number of nitrogens with one attached hydrogen (secondary N) is 1. The second-order valence-corrected chi connectivity index (χ2v) is 8.88. The Morgan fingerprint density at radius 2 is 1.80 bits per heavy atom. The number of sulfonamides is 1. The Morgan fingerprint density at radius 3 is 2.43 bits per heavy atom. The first-order valence-electron chi connectivity index (χ1n) is 9.08. The van der Waals surface area contributed by atoms with Crippen molar-refractivity contribution in [1.29, 1.82) is 5.26 Å². The average Bonchev–Trinajstić information content (AvgIpc) is 3.28. The van der Waals surface area contributed by atoms with Gasteiger partial charge in [-0.15, -0.1) is 0 Å². The zero-order valence-electron chi connectivity index (χ0n) is 15.8. The van der Waals surface area contributed by atoms with E-state index in [4.69, 9.17) is 21.6 Å². The van der Waals surface area contributed by atoms with Crippen LogP contribution in [-0.2, 0) is 19.6 Å². The SMILES string of the molecule is N#Cc1ccc(NC(=O)COC(=O)c2ccc(Cl)c(S(=O)(=O)N3CCCC3)c2)cc1. The van der Waals surface area contributed by atoms with Crippen molar-refractivity contribution in [3.05, 3.63) is 58.6 Å². The van der Waals surface area contributed by atoms with E-state index in [2.05, 4.69) is 5.32 Å². The average molecular weight is 448 g/mol. The molecule has 0 spiro atoms. The lowest BCUT2D eigenvalue weighted by atomic mass is 10.2. The number of hydrogen-bond acceptors (Lipinski definition) is 6. The molecule has 0 bridgehead atoms. The van der Waals surface area contributed by atoms with Crippen LogP contribution in [0.4, 0.5) is 5.69 Å². The van der Waals surface area contributed by atoms with Crippen molar-refractivity contribution in [3.8, 4) is 6.07 Å². The summed E-state index contributed by atoms with van der Waals surface area (Å²) < 4.78 is 31.8. The maximum atomic E-state index is 12.8. The van der Waals surface area contributed by atoms with Crippen molar-refractivity contribution in [1.82, 2.24) is 4.31 Å². The molecule has 8 nitrogen and oxygen atoms in total. The largest absolute Gasteiger partial charge is 0.452 e. The number of esters is 1. The van der Waals surface area contributed by atoms with Gasteiger partial charge in [0.05, 0.1) is 22.2 Å². The summed E-state index contributed by atoms with van der Waals surface area (Å²) in [6.45, 7) is 0.251. The van der Waals surface area contributed by atoms with Gasteiger partial charge in [-0.2, -0.15) is 9.57 Å². The monoisotopic (exact) mass is 447 g/mol. The number of ether oxygens (including phenoxy) is 1. The first kappa shape index (κ1) is 21.8. The number of nitriles is 1. The van der Waals surface area contributed by atoms with Gasteiger partial charge in [-0.05, 0) is 55.3 Å². The van der Waals surface area contributed by atoms with Gasteiger partial charge >= 0.3 is 5.97 Å². The van der Waals surface area contributed by atoms with Crippen LogP contribution < -0.4 is 5.32 Å². The molecule has 1 heterocycles. The lowest BCUT2D eigenvalue weighted by Gasteiger charge is -2.17. The van der Waals surface area contributed by atoms with Crippen molar-refractivity contribution in [2.45, 2.75) is 17.7 Å². The van der Waals surface area contributed by atoms with E-state index in [0.29, 0.717) is 24.3 Å². The molecule has 1 N–H and O–H groups in total. The lowest BCUT2D eigenvalue weighted by molar-refractivity contribution is -0.119. The van der Waals surface area contributed by atoms with E-state index in [1.54, 1.807) is 12.1 Å². The topological polar surface area (TPSA) is 117 Å². The molecule has 1 amide bonds. The maximum Gasteiger partial charge on any atom is 0.338 e.